The lowest BCUT2D eigenvalue weighted by molar-refractivity contribution is -0.138. The Hall–Kier alpha value is -1.45. The van der Waals surface area contributed by atoms with Gasteiger partial charge in [-0.1, -0.05) is 19.3 Å². The molecule has 3 rings (SSSR count). The first-order valence-corrected chi connectivity index (χ1v) is 6.81. The molecule has 0 spiro atoms. The highest BCUT2D eigenvalue weighted by molar-refractivity contribution is 5.74. The zero-order valence-electron chi connectivity index (χ0n) is 10.4. The molecule has 2 atom stereocenters. The fourth-order valence-electron chi connectivity index (χ4n) is 2.95. The average Bonchev–Trinajstić information content (AvgIpc) is 3.20. The van der Waals surface area contributed by atoms with Gasteiger partial charge in [-0.25, -0.2) is 9.97 Å². The second kappa shape index (κ2) is 4.67. The van der Waals surface area contributed by atoms with E-state index in [9.17, 15) is 4.79 Å². The van der Waals surface area contributed by atoms with Crippen molar-refractivity contribution in [3.63, 3.8) is 0 Å². The van der Waals surface area contributed by atoms with Gasteiger partial charge in [-0.05, 0) is 25.3 Å². The first-order valence-electron chi connectivity index (χ1n) is 6.81. The largest absolute Gasteiger partial charge is 0.481 e. The Morgan fingerprint density at radius 2 is 2.06 bits per heavy atom. The zero-order valence-corrected chi connectivity index (χ0v) is 10.4. The van der Waals surface area contributed by atoms with Gasteiger partial charge < -0.3 is 5.11 Å². The number of carboxylic acids is 1. The summed E-state index contributed by atoms with van der Waals surface area (Å²) in [4.78, 5) is 19.7. The molecule has 2 unspecified atom stereocenters. The summed E-state index contributed by atoms with van der Waals surface area (Å²) >= 11 is 0. The van der Waals surface area contributed by atoms with Crippen LogP contribution in [-0.4, -0.2) is 21.0 Å². The predicted molar refractivity (Wildman–Crippen MR) is 66.3 cm³/mol. The van der Waals surface area contributed by atoms with E-state index in [4.69, 9.17) is 5.11 Å². The highest BCUT2D eigenvalue weighted by Crippen LogP contribution is 2.46. The van der Waals surface area contributed by atoms with Crippen molar-refractivity contribution in [3.05, 3.63) is 23.8 Å². The summed E-state index contributed by atoms with van der Waals surface area (Å²) in [5.41, 5.74) is 1.12. The van der Waals surface area contributed by atoms with Crippen LogP contribution in [0.4, 0.5) is 0 Å². The van der Waals surface area contributed by atoms with Crippen molar-refractivity contribution in [2.45, 2.75) is 50.4 Å². The van der Waals surface area contributed by atoms with Gasteiger partial charge in [0.05, 0.1) is 5.92 Å². The molecular formula is C14H18N2O2. The van der Waals surface area contributed by atoms with Crippen molar-refractivity contribution < 1.29 is 9.90 Å². The molecule has 0 amide bonds. The van der Waals surface area contributed by atoms with Crippen LogP contribution >= 0.6 is 0 Å². The fraction of sp³-hybridized carbons (Fsp3) is 0.643. The Morgan fingerprint density at radius 1 is 1.28 bits per heavy atom. The molecule has 2 aliphatic rings. The van der Waals surface area contributed by atoms with Crippen LogP contribution in [0.1, 0.15) is 61.9 Å². The normalized spacial score (nSPS) is 28.0. The van der Waals surface area contributed by atoms with Crippen molar-refractivity contribution in [2.75, 3.05) is 0 Å². The molecule has 0 bridgehead atoms. The molecule has 0 aliphatic heterocycles. The second-order valence-corrected chi connectivity index (χ2v) is 5.46. The van der Waals surface area contributed by atoms with Gasteiger partial charge in [-0.2, -0.15) is 0 Å². The third-order valence-corrected chi connectivity index (χ3v) is 4.16. The lowest BCUT2D eigenvalue weighted by Crippen LogP contribution is -2.09. The summed E-state index contributed by atoms with van der Waals surface area (Å²) in [6.07, 6.45) is 8.81. The number of nitrogens with zero attached hydrogens (tertiary/aromatic N) is 2. The smallest absolute Gasteiger partial charge is 0.307 e. The topological polar surface area (TPSA) is 63.1 Å². The minimum absolute atomic E-state index is 0.0473. The molecule has 1 aromatic heterocycles. The van der Waals surface area contributed by atoms with Crippen molar-refractivity contribution >= 4 is 5.97 Å². The van der Waals surface area contributed by atoms with Crippen LogP contribution in [0, 0.1) is 5.92 Å². The zero-order chi connectivity index (χ0) is 12.5. The second-order valence-electron chi connectivity index (χ2n) is 5.46. The summed E-state index contributed by atoms with van der Waals surface area (Å²) in [7, 11) is 0. The van der Waals surface area contributed by atoms with E-state index >= 15 is 0 Å². The minimum atomic E-state index is -0.716. The molecule has 0 saturated heterocycles. The Kier molecular flexibility index (Phi) is 3.02. The molecule has 0 radical (unpaired) electrons. The van der Waals surface area contributed by atoms with Crippen molar-refractivity contribution in [2.24, 2.45) is 5.92 Å². The number of hydrogen-bond acceptors (Lipinski definition) is 3. The molecule has 1 aromatic rings. The number of aliphatic carboxylic acids is 1. The summed E-state index contributed by atoms with van der Waals surface area (Å²) in [5, 5.41) is 8.95. The van der Waals surface area contributed by atoms with Gasteiger partial charge in [-0.3, -0.25) is 4.79 Å². The third kappa shape index (κ3) is 2.24. The van der Waals surface area contributed by atoms with E-state index in [-0.39, 0.29) is 11.8 Å². The first kappa shape index (κ1) is 11.6. The van der Waals surface area contributed by atoms with Crippen LogP contribution in [0.3, 0.4) is 0 Å². The monoisotopic (exact) mass is 246 g/mol. The molecule has 4 nitrogen and oxygen atoms in total. The predicted octanol–water partition coefficient (Wildman–Crippen LogP) is 2.71. The molecular weight excluding hydrogens is 228 g/mol. The quantitative estimate of drug-likeness (QED) is 0.890. The summed E-state index contributed by atoms with van der Waals surface area (Å²) < 4.78 is 0. The summed E-state index contributed by atoms with van der Waals surface area (Å²) in [5.74, 6) is 0.373. The molecule has 1 heterocycles. The maximum Gasteiger partial charge on any atom is 0.307 e. The summed E-state index contributed by atoms with van der Waals surface area (Å²) in [6, 6.07) is 2.00. The van der Waals surface area contributed by atoms with E-state index in [2.05, 4.69) is 9.97 Å². The van der Waals surface area contributed by atoms with E-state index in [0.29, 0.717) is 12.3 Å². The maximum atomic E-state index is 10.9. The molecule has 0 aromatic carbocycles. The van der Waals surface area contributed by atoms with Gasteiger partial charge in [0.1, 0.15) is 5.82 Å². The molecule has 96 valence electrons. The van der Waals surface area contributed by atoms with E-state index in [1.165, 1.54) is 32.1 Å². The van der Waals surface area contributed by atoms with Crippen molar-refractivity contribution in [3.8, 4) is 0 Å². The Morgan fingerprint density at radius 3 is 2.72 bits per heavy atom. The molecule has 2 fully saturated rings. The fourth-order valence-corrected chi connectivity index (χ4v) is 2.95. The number of aromatic nitrogens is 2. The lowest BCUT2D eigenvalue weighted by atomic mass is 9.87. The molecule has 2 aliphatic carbocycles. The highest BCUT2D eigenvalue weighted by atomic mass is 16.4. The Labute approximate surface area is 106 Å². The van der Waals surface area contributed by atoms with Gasteiger partial charge in [0, 0.05) is 23.7 Å². The van der Waals surface area contributed by atoms with Crippen LogP contribution in [0.2, 0.25) is 0 Å². The van der Waals surface area contributed by atoms with Crippen molar-refractivity contribution in [1.29, 1.82) is 0 Å². The van der Waals surface area contributed by atoms with Gasteiger partial charge in [-0.15, -0.1) is 0 Å². The van der Waals surface area contributed by atoms with E-state index in [0.717, 1.165) is 11.5 Å². The van der Waals surface area contributed by atoms with Crippen LogP contribution in [0.5, 0.6) is 0 Å². The van der Waals surface area contributed by atoms with E-state index < -0.39 is 5.97 Å². The molecule has 4 heteroatoms. The van der Waals surface area contributed by atoms with Gasteiger partial charge in [0.15, 0.2) is 0 Å². The summed E-state index contributed by atoms with van der Waals surface area (Å²) in [6.45, 7) is 0. The van der Waals surface area contributed by atoms with E-state index in [1.54, 1.807) is 6.20 Å². The molecule has 2 saturated carbocycles. The molecule has 18 heavy (non-hydrogen) atoms. The Bertz CT molecular complexity index is 455. The number of hydrogen-bond donors (Lipinski definition) is 1. The highest BCUT2D eigenvalue weighted by Gasteiger charge is 2.46. The minimum Gasteiger partial charge on any atom is -0.481 e. The first-order chi connectivity index (χ1) is 8.75. The van der Waals surface area contributed by atoms with Gasteiger partial charge in [0.2, 0.25) is 0 Å². The lowest BCUT2D eigenvalue weighted by Gasteiger charge is -2.21. The standard InChI is InChI=1S/C14H18N2O2/c17-14(18)11-8-10(11)13-15-7-6-12(16-13)9-4-2-1-3-5-9/h6-7,9-11H,1-5,8H2,(H,17,18). The maximum absolute atomic E-state index is 10.9. The third-order valence-electron chi connectivity index (χ3n) is 4.16. The Balaban J connectivity index is 1.75. The molecule has 1 N–H and O–H groups in total. The van der Waals surface area contributed by atoms with Gasteiger partial charge >= 0.3 is 5.97 Å². The van der Waals surface area contributed by atoms with Gasteiger partial charge in [0.25, 0.3) is 0 Å². The van der Waals surface area contributed by atoms with E-state index in [1.807, 2.05) is 6.07 Å². The number of carbonyl (C=O) groups is 1. The van der Waals surface area contributed by atoms with Crippen LogP contribution in [0.15, 0.2) is 12.3 Å². The van der Waals surface area contributed by atoms with Crippen molar-refractivity contribution in [1.82, 2.24) is 9.97 Å². The van der Waals surface area contributed by atoms with Crippen LogP contribution in [-0.2, 0) is 4.79 Å². The number of carboxylic acid groups (broad SMARTS) is 1. The SMILES string of the molecule is O=C(O)C1CC1c1nccc(C2CCCCC2)n1. The van der Waals surface area contributed by atoms with Crippen LogP contribution < -0.4 is 0 Å². The van der Waals surface area contributed by atoms with Crippen LogP contribution in [0.25, 0.3) is 0 Å². The average molecular weight is 246 g/mol. The number of rotatable bonds is 3.